The van der Waals surface area contributed by atoms with Crippen LogP contribution in [0.1, 0.15) is 23.9 Å². The van der Waals surface area contributed by atoms with Crippen LogP contribution in [0.15, 0.2) is 5.51 Å². The highest BCUT2D eigenvalue weighted by Gasteiger charge is 2.35. The van der Waals surface area contributed by atoms with E-state index < -0.39 is 0 Å². The van der Waals surface area contributed by atoms with Gasteiger partial charge in [0, 0.05) is 11.4 Å². The van der Waals surface area contributed by atoms with Crippen molar-refractivity contribution in [3.8, 4) is 0 Å². The molecule has 18 heavy (non-hydrogen) atoms. The standard InChI is InChI=1S/C11H17N3OS.2ClH/c1-8-9(16-7-14-8)5-13-10(15)11(2)3-4-12-6-11;;/h7,12H,3-6H2,1-2H3,(H,13,15);2*1H. The average Bonchev–Trinajstić information content (AvgIpc) is 2.85. The third-order valence-electron chi connectivity index (χ3n) is 3.17. The summed E-state index contributed by atoms with van der Waals surface area (Å²) in [5, 5.41) is 6.23. The minimum atomic E-state index is -0.238. The van der Waals surface area contributed by atoms with E-state index in [1.165, 1.54) is 0 Å². The number of nitrogens with one attached hydrogen (secondary N) is 2. The number of nitrogens with zero attached hydrogens (tertiary/aromatic N) is 1. The van der Waals surface area contributed by atoms with E-state index in [9.17, 15) is 4.79 Å². The van der Waals surface area contributed by atoms with Gasteiger partial charge in [-0.3, -0.25) is 4.79 Å². The Bertz CT molecular complexity index is 391. The van der Waals surface area contributed by atoms with Crippen molar-refractivity contribution in [3.63, 3.8) is 0 Å². The summed E-state index contributed by atoms with van der Waals surface area (Å²) in [5.41, 5.74) is 2.59. The Labute approximate surface area is 124 Å². The fraction of sp³-hybridized carbons (Fsp3) is 0.636. The summed E-state index contributed by atoms with van der Waals surface area (Å²) in [5.74, 6) is 0.144. The molecule has 0 aliphatic carbocycles. The Morgan fingerprint density at radius 2 is 2.33 bits per heavy atom. The molecule has 2 N–H and O–H groups in total. The summed E-state index contributed by atoms with van der Waals surface area (Å²) < 4.78 is 0. The van der Waals surface area contributed by atoms with Gasteiger partial charge in [-0.2, -0.15) is 0 Å². The van der Waals surface area contributed by atoms with Crippen LogP contribution in [-0.4, -0.2) is 24.0 Å². The zero-order chi connectivity index (χ0) is 11.6. The number of amides is 1. The zero-order valence-corrected chi connectivity index (χ0v) is 12.9. The molecule has 2 rings (SSSR count). The maximum atomic E-state index is 12.0. The maximum Gasteiger partial charge on any atom is 0.227 e. The van der Waals surface area contributed by atoms with Crippen LogP contribution in [-0.2, 0) is 11.3 Å². The van der Waals surface area contributed by atoms with E-state index in [-0.39, 0.29) is 36.1 Å². The molecule has 2 heterocycles. The quantitative estimate of drug-likeness (QED) is 0.896. The van der Waals surface area contributed by atoms with E-state index in [2.05, 4.69) is 15.6 Å². The van der Waals surface area contributed by atoms with Gasteiger partial charge < -0.3 is 10.6 Å². The molecule has 104 valence electrons. The van der Waals surface area contributed by atoms with E-state index in [4.69, 9.17) is 0 Å². The lowest BCUT2D eigenvalue weighted by atomic mass is 9.89. The van der Waals surface area contributed by atoms with Crippen molar-refractivity contribution in [3.05, 3.63) is 16.1 Å². The van der Waals surface area contributed by atoms with Crippen molar-refractivity contribution in [2.24, 2.45) is 5.41 Å². The first-order valence-corrected chi connectivity index (χ1v) is 6.38. The topological polar surface area (TPSA) is 54.0 Å². The van der Waals surface area contributed by atoms with Crippen LogP contribution in [0, 0.1) is 12.3 Å². The van der Waals surface area contributed by atoms with Crippen molar-refractivity contribution < 1.29 is 4.79 Å². The predicted octanol–water partition coefficient (Wildman–Crippen LogP) is 1.91. The fourth-order valence-electron chi connectivity index (χ4n) is 1.88. The molecular weight excluding hydrogens is 293 g/mol. The molecule has 1 amide bonds. The Hall–Kier alpha value is -0.360. The maximum absolute atomic E-state index is 12.0. The van der Waals surface area contributed by atoms with E-state index in [1.54, 1.807) is 11.3 Å². The van der Waals surface area contributed by atoms with E-state index >= 15 is 0 Å². The Balaban J connectivity index is 0.00000144. The lowest BCUT2D eigenvalue weighted by Crippen LogP contribution is -2.39. The lowest BCUT2D eigenvalue weighted by Gasteiger charge is -2.21. The smallest absolute Gasteiger partial charge is 0.227 e. The molecule has 1 fully saturated rings. The number of rotatable bonds is 3. The first-order valence-electron chi connectivity index (χ1n) is 5.50. The van der Waals surface area contributed by atoms with Crippen LogP contribution >= 0.6 is 36.2 Å². The number of thiazole rings is 1. The normalized spacial score (nSPS) is 21.9. The highest BCUT2D eigenvalue weighted by molar-refractivity contribution is 7.09. The van der Waals surface area contributed by atoms with E-state index in [0.717, 1.165) is 30.1 Å². The van der Waals surface area contributed by atoms with Gasteiger partial charge in [0.2, 0.25) is 5.91 Å². The summed E-state index contributed by atoms with van der Waals surface area (Å²) >= 11 is 1.59. The van der Waals surface area contributed by atoms with Crippen molar-refractivity contribution >= 4 is 42.1 Å². The summed E-state index contributed by atoms with van der Waals surface area (Å²) in [6, 6.07) is 0. The highest BCUT2D eigenvalue weighted by atomic mass is 35.5. The van der Waals surface area contributed by atoms with Crippen LogP contribution in [0.2, 0.25) is 0 Å². The van der Waals surface area contributed by atoms with Crippen LogP contribution in [0.3, 0.4) is 0 Å². The second kappa shape index (κ2) is 7.28. The van der Waals surface area contributed by atoms with Crippen molar-refractivity contribution in [2.75, 3.05) is 13.1 Å². The SMILES string of the molecule is Cc1ncsc1CNC(=O)C1(C)CCNC1.Cl.Cl. The molecule has 0 saturated carbocycles. The van der Waals surface area contributed by atoms with Gasteiger partial charge in [-0.05, 0) is 26.8 Å². The molecule has 1 atom stereocenters. The van der Waals surface area contributed by atoms with Crippen LogP contribution < -0.4 is 10.6 Å². The van der Waals surface area contributed by atoms with Crippen molar-refractivity contribution in [1.82, 2.24) is 15.6 Å². The molecule has 1 aromatic rings. The molecule has 0 spiro atoms. The number of hydrogen-bond donors (Lipinski definition) is 2. The first-order chi connectivity index (χ1) is 7.62. The second-order valence-corrected chi connectivity index (χ2v) is 5.47. The Morgan fingerprint density at radius 1 is 1.61 bits per heavy atom. The minimum Gasteiger partial charge on any atom is -0.351 e. The lowest BCUT2D eigenvalue weighted by molar-refractivity contribution is -0.129. The number of carbonyl (C=O) groups is 1. The van der Waals surface area contributed by atoms with Gasteiger partial charge >= 0.3 is 0 Å². The summed E-state index contributed by atoms with van der Waals surface area (Å²) in [7, 11) is 0. The number of aryl methyl sites for hydroxylation is 1. The van der Waals surface area contributed by atoms with Crippen LogP contribution in [0.5, 0.6) is 0 Å². The second-order valence-electron chi connectivity index (χ2n) is 4.53. The Morgan fingerprint density at radius 3 is 2.83 bits per heavy atom. The van der Waals surface area contributed by atoms with Gasteiger partial charge in [0.25, 0.3) is 0 Å². The predicted molar refractivity (Wildman–Crippen MR) is 78.8 cm³/mol. The number of aromatic nitrogens is 1. The van der Waals surface area contributed by atoms with Gasteiger partial charge in [-0.25, -0.2) is 4.98 Å². The first kappa shape index (κ1) is 17.6. The Kier molecular flexibility index (Phi) is 7.14. The summed E-state index contributed by atoms with van der Waals surface area (Å²) in [4.78, 5) is 17.3. The molecule has 0 aromatic carbocycles. The van der Waals surface area contributed by atoms with Crippen LogP contribution in [0.25, 0.3) is 0 Å². The monoisotopic (exact) mass is 311 g/mol. The van der Waals surface area contributed by atoms with Crippen molar-refractivity contribution in [2.45, 2.75) is 26.8 Å². The molecular formula is C11H19Cl2N3OS. The number of halogens is 2. The van der Waals surface area contributed by atoms with Crippen molar-refractivity contribution in [1.29, 1.82) is 0 Å². The molecule has 1 saturated heterocycles. The largest absolute Gasteiger partial charge is 0.351 e. The summed E-state index contributed by atoms with van der Waals surface area (Å²) in [6.45, 7) is 6.30. The third-order valence-corrected chi connectivity index (χ3v) is 4.11. The van der Waals surface area contributed by atoms with Gasteiger partial charge in [-0.15, -0.1) is 36.2 Å². The van der Waals surface area contributed by atoms with Gasteiger partial charge in [0.1, 0.15) is 0 Å². The molecule has 1 unspecified atom stereocenters. The van der Waals surface area contributed by atoms with E-state index in [0.29, 0.717) is 6.54 Å². The molecule has 0 radical (unpaired) electrons. The number of hydrogen-bond acceptors (Lipinski definition) is 4. The fourth-order valence-corrected chi connectivity index (χ4v) is 2.60. The molecule has 0 bridgehead atoms. The van der Waals surface area contributed by atoms with E-state index in [1.807, 2.05) is 19.4 Å². The third kappa shape index (κ3) is 3.82. The van der Waals surface area contributed by atoms with Gasteiger partial charge in [0.05, 0.1) is 23.2 Å². The van der Waals surface area contributed by atoms with Gasteiger partial charge in [-0.1, -0.05) is 0 Å². The molecule has 1 aromatic heterocycles. The molecule has 7 heteroatoms. The summed E-state index contributed by atoms with van der Waals surface area (Å²) in [6.07, 6.45) is 0.917. The molecule has 1 aliphatic rings. The molecule has 4 nitrogen and oxygen atoms in total. The average molecular weight is 312 g/mol. The van der Waals surface area contributed by atoms with Gasteiger partial charge in [0.15, 0.2) is 0 Å². The zero-order valence-electron chi connectivity index (χ0n) is 10.5. The highest BCUT2D eigenvalue weighted by Crippen LogP contribution is 2.24. The number of carbonyl (C=O) groups excluding carboxylic acids is 1. The molecule has 1 aliphatic heterocycles. The minimum absolute atomic E-state index is 0. The van der Waals surface area contributed by atoms with Crippen LogP contribution in [0.4, 0.5) is 0 Å².